The smallest absolute Gasteiger partial charge is 0.152 e. The lowest BCUT2D eigenvalue weighted by Gasteiger charge is -2.24. The summed E-state index contributed by atoms with van der Waals surface area (Å²) in [5.74, 6) is 0. The van der Waals surface area contributed by atoms with Gasteiger partial charge in [-0.15, -0.1) is 0 Å². The quantitative estimate of drug-likeness (QED) is 0.160. The molecular formula is C39H33N3O3. The number of rotatable bonds is 9. The van der Waals surface area contributed by atoms with E-state index >= 15 is 0 Å². The van der Waals surface area contributed by atoms with Crippen LogP contribution in [0.3, 0.4) is 0 Å². The Morgan fingerprint density at radius 1 is 0.444 bits per heavy atom. The number of aromatic nitrogens is 3. The lowest BCUT2D eigenvalue weighted by molar-refractivity contribution is 0.111. The lowest BCUT2D eigenvalue weighted by atomic mass is 9.87. The number of fused-ring (bicyclic) bond motifs is 3. The van der Waals surface area contributed by atoms with Crippen molar-refractivity contribution in [1.82, 2.24) is 13.7 Å². The molecule has 0 radical (unpaired) electrons. The third kappa shape index (κ3) is 4.61. The van der Waals surface area contributed by atoms with Gasteiger partial charge in [0.2, 0.25) is 0 Å². The molecule has 0 aliphatic rings. The first-order valence-electron chi connectivity index (χ1n) is 15.1. The summed E-state index contributed by atoms with van der Waals surface area (Å²) in [6.45, 7) is 8.35. The molecule has 0 saturated heterocycles. The predicted octanol–water partition coefficient (Wildman–Crippen LogP) is 8.06. The molecule has 0 N–H and O–H groups in total. The summed E-state index contributed by atoms with van der Waals surface area (Å²) in [6.07, 6.45) is 8.61. The van der Waals surface area contributed by atoms with Crippen LogP contribution in [0.2, 0.25) is 0 Å². The van der Waals surface area contributed by atoms with Gasteiger partial charge in [-0.05, 0) is 72.4 Å². The minimum atomic E-state index is 0.602. The van der Waals surface area contributed by atoms with E-state index in [1.54, 1.807) is 0 Å². The van der Waals surface area contributed by atoms with Gasteiger partial charge in [-0.25, -0.2) is 0 Å². The maximum Gasteiger partial charge on any atom is 0.152 e. The maximum atomic E-state index is 12.0. The maximum absolute atomic E-state index is 12.0. The summed E-state index contributed by atoms with van der Waals surface area (Å²) in [5, 5.41) is 2.82. The molecule has 222 valence electrons. The van der Waals surface area contributed by atoms with Crippen molar-refractivity contribution in [3.05, 3.63) is 141 Å². The Morgan fingerprint density at radius 3 is 0.978 bits per heavy atom. The van der Waals surface area contributed by atoms with Crippen LogP contribution in [0.4, 0.5) is 0 Å². The standard InChI is InChI=1S/C39H33N3O3/c1-25-34(19-40-16-28(22-43)31-10-4-7-13-37(31)40)26(2)36(21-42-18-30(24-45)33-12-6-9-15-39(33)42)27(3)35(25)20-41-17-29(23-44)32-11-5-8-14-38(32)41/h4-18,22-24H,19-21H2,1-3H3. The molecule has 3 aromatic heterocycles. The van der Waals surface area contributed by atoms with Crippen LogP contribution in [0.5, 0.6) is 0 Å². The Morgan fingerprint density at radius 2 is 0.711 bits per heavy atom. The second kappa shape index (κ2) is 11.2. The van der Waals surface area contributed by atoms with Crippen molar-refractivity contribution in [2.24, 2.45) is 0 Å². The fourth-order valence-corrected chi connectivity index (χ4v) is 7.11. The van der Waals surface area contributed by atoms with Gasteiger partial charge in [0.25, 0.3) is 0 Å². The van der Waals surface area contributed by atoms with Crippen molar-refractivity contribution in [3.8, 4) is 0 Å². The molecule has 0 aliphatic heterocycles. The van der Waals surface area contributed by atoms with Crippen molar-refractivity contribution in [3.63, 3.8) is 0 Å². The van der Waals surface area contributed by atoms with E-state index in [4.69, 9.17) is 0 Å². The molecule has 0 saturated carbocycles. The van der Waals surface area contributed by atoms with Gasteiger partial charge in [-0.2, -0.15) is 0 Å². The number of carbonyl (C=O) groups excluding carboxylic acids is 3. The topological polar surface area (TPSA) is 66.0 Å². The van der Waals surface area contributed by atoms with Gasteiger partial charge in [0, 0.05) is 87.6 Å². The van der Waals surface area contributed by atoms with Gasteiger partial charge >= 0.3 is 0 Å². The van der Waals surface area contributed by atoms with Crippen LogP contribution in [0.1, 0.15) is 64.5 Å². The normalized spacial score (nSPS) is 11.5. The fraction of sp³-hybridized carbons (Fsp3) is 0.154. The van der Waals surface area contributed by atoms with E-state index in [1.165, 1.54) is 33.4 Å². The molecule has 6 heteroatoms. The van der Waals surface area contributed by atoms with Gasteiger partial charge < -0.3 is 13.7 Å². The Balaban J connectivity index is 1.43. The van der Waals surface area contributed by atoms with Crippen LogP contribution in [0.25, 0.3) is 32.7 Å². The molecule has 7 aromatic rings. The number of aldehydes is 3. The molecule has 0 aliphatic carbocycles. The number of para-hydroxylation sites is 3. The van der Waals surface area contributed by atoms with Crippen molar-refractivity contribution in [1.29, 1.82) is 0 Å². The summed E-state index contributed by atoms with van der Waals surface area (Å²) in [6, 6.07) is 24.0. The molecule has 0 fully saturated rings. The third-order valence-corrected chi connectivity index (χ3v) is 9.54. The molecule has 7 rings (SSSR count). The first-order valence-corrected chi connectivity index (χ1v) is 15.1. The van der Waals surface area contributed by atoms with Crippen LogP contribution in [-0.4, -0.2) is 32.6 Å². The Hall–Kier alpha value is -5.49. The van der Waals surface area contributed by atoms with Crippen molar-refractivity contribution in [2.75, 3.05) is 0 Å². The van der Waals surface area contributed by atoms with Crippen molar-refractivity contribution >= 4 is 51.6 Å². The first-order chi connectivity index (χ1) is 21.9. The van der Waals surface area contributed by atoms with Crippen LogP contribution < -0.4 is 0 Å². The average Bonchev–Trinajstić information content (AvgIpc) is 3.74. The van der Waals surface area contributed by atoms with Crippen LogP contribution >= 0.6 is 0 Å². The summed E-state index contributed by atoms with van der Waals surface area (Å²) >= 11 is 0. The number of hydrogen-bond donors (Lipinski definition) is 0. The van der Waals surface area contributed by atoms with E-state index < -0.39 is 0 Å². The Bertz CT molecular complexity index is 2020. The lowest BCUT2D eigenvalue weighted by Crippen LogP contribution is -2.14. The fourth-order valence-electron chi connectivity index (χ4n) is 7.11. The minimum absolute atomic E-state index is 0.602. The number of carbonyl (C=O) groups is 3. The largest absolute Gasteiger partial charge is 0.342 e. The Labute approximate surface area is 261 Å². The van der Waals surface area contributed by atoms with Gasteiger partial charge in [-0.1, -0.05) is 54.6 Å². The molecule has 45 heavy (non-hydrogen) atoms. The zero-order valence-corrected chi connectivity index (χ0v) is 25.6. The molecule has 0 spiro atoms. The highest BCUT2D eigenvalue weighted by Crippen LogP contribution is 2.33. The third-order valence-electron chi connectivity index (χ3n) is 9.54. The molecule has 0 amide bonds. The highest BCUT2D eigenvalue weighted by atomic mass is 16.1. The van der Waals surface area contributed by atoms with Gasteiger partial charge in [0.15, 0.2) is 18.9 Å². The summed E-state index contributed by atoms with van der Waals surface area (Å²) in [5.41, 5.74) is 12.2. The van der Waals surface area contributed by atoms with E-state index in [-0.39, 0.29) is 0 Å². The SMILES string of the molecule is Cc1c(Cn2cc(C=O)c3ccccc32)c(C)c(Cn2cc(C=O)c3ccccc32)c(C)c1Cn1cc(C=O)c2ccccc21. The Kier molecular flexibility index (Phi) is 7.05. The number of benzene rings is 4. The molecule has 0 atom stereocenters. The summed E-state index contributed by atoms with van der Waals surface area (Å²) < 4.78 is 6.51. The molecule has 0 unspecified atom stereocenters. The molecule has 3 heterocycles. The summed E-state index contributed by atoms with van der Waals surface area (Å²) in [7, 11) is 0. The molecular weight excluding hydrogens is 558 g/mol. The highest BCUT2D eigenvalue weighted by molar-refractivity contribution is 5.99. The van der Waals surface area contributed by atoms with Gasteiger partial charge in [-0.3, -0.25) is 14.4 Å². The zero-order chi connectivity index (χ0) is 31.2. The van der Waals surface area contributed by atoms with Crippen molar-refractivity contribution < 1.29 is 14.4 Å². The van der Waals surface area contributed by atoms with E-state index in [9.17, 15) is 14.4 Å². The second-order valence-corrected chi connectivity index (χ2v) is 11.9. The highest BCUT2D eigenvalue weighted by Gasteiger charge is 2.21. The van der Waals surface area contributed by atoms with E-state index in [2.05, 4.69) is 52.7 Å². The van der Waals surface area contributed by atoms with E-state index in [0.29, 0.717) is 36.3 Å². The molecule has 6 nitrogen and oxygen atoms in total. The van der Waals surface area contributed by atoms with Crippen LogP contribution in [0.15, 0.2) is 91.4 Å². The number of hydrogen-bond acceptors (Lipinski definition) is 3. The van der Waals surface area contributed by atoms with E-state index in [0.717, 1.165) is 51.6 Å². The van der Waals surface area contributed by atoms with E-state index in [1.807, 2.05) is 73.2 Å². The molecule has 4 aromatic carbocycles. The van der Waals surface area contributed by atoms with Crippen LogP contribution in [0, 0.1) is 20.8 Å². The average molecular weight is 592 g/mol. The second-order valence-electron chi connectivity index (χ2n) is 11.9. The minimum Gasteiger partial charge on any atom is -0.342 e. The number of nitrogens with zero attached hydrogens (tertiary/aromatic N) is 3. The van der Waals surface area contributed by atoms with Crippen LogP contribution in [-0.2, 0) is 19.6 Å². The van der Waals surface area contributed by atoms with Gasteiger partial charge in [0.05, 0.1) is 0 Å². The van der Waals surface area contributed by atoms with Crippen molar-refractivity contribution in [2.45, 2.75) is 40.4 Å². The zero-order valence-electron chi connectivity index (χ0n) is 25.6. The first kappa shape index (κ1) is 28.3. The molecule has 0 bridgehead atoms. The predicted molar refractivity (Wildman–Crippen MR) is 180 cm³/mol. The van der Waals surface area contributed by atoms with Gasteiger partial charge in [0.1, 0.15) is 0 Å². The monoisotopic (exact) mass is 591 g/mol. The summed E-state index contributed by atoms with van der Waals surface area (Å²) in [4.78, 5) is 35.9.